The molecule has 6 nitrogen and oxygen atoms in total. The highest BCUT2D eigenvalue weighted by Gasteiger charge is 2.31. The number of nitrogens with one attached hydrogen (secondary N) is 2. The van der Waals surface area contributed by atoms with Crippen LogP contribution in [0.5, 0.6) is 0 Å². The first kappa shape index (κ1) is 19.7. The van der Waals surface area contributed by atoms with Gasteiger partial charge in [0.05, 0.1) is 4.90 Å². The Morgan fingerprint density at radius 2 is 1.84 bits per heavy atom. The Bertz CT molecular complexity index is 716. The lowest BCUT2D eigenvalue weighted by Crippen LogP contribution is -2.53. The third-order valence-corrected chi connectivity index (χ3v) is 5.37. The molecule has 1 aromatic rings. The molecule has 0 aliphatic heterocycles. The number of carbonyl (C=O) groups excluding carboxylic acids is 1. The molecule has 0 unspecified atom stereocenters. The number of hydrogen-bond acceptors (Lipinski definition) is 4. The van der Waals surface area contributed by atoms with Gasteiger partial charge in [-0.05, 0) is 51.8 Å². The van der Waals surface area contributed by atoms with Crippen molar-refractivity contribution < 1.29 is 22.3 Å². The maximum atomic E-state index is 13.3. The molecule has 1 aliphatic carbocycles. The molecule has 8 heteroatoms. The normalized spacial score (nSPS) is 21.6. The van der Waals surface area contributed by atoms with Crippen LogP contribution in [-0.2, 0) is 14.8 Å². The zero-order valence-electron chi connectivity index (χ0n) is 14.7. The van der Waals surface area contributed by atoms with E-state index in [0.29, 0.717) is 12.8 Å². The number of rotatable bonds is 4. The van der Waals surface area contributed by atoms with Crippen LogP contribution in [0.2, 0.25) is 0 Å². The Morgan fingerprint density at radius 1 is 1.20 bits per heavy atom. The molecular formula is C17H25FN2O4S. The van der Waals surface area contributed by atoms with Gasteiger partial charge in [-0.1, -0.05) is 18.9 Å². The van der Waals surface area contributed by atoms with E-state index in [2.05, 4.69) is 10.0 Å². The third kappa shape index (κ3) is 5.97. The molecule has 1 fully saturated rings. The van der Waals surface area contributed by atoms with Gasteiger partial charge in [0.25, 0.3) is 0 Å². The lowest BCUT2D eigenvalue weighted by Gasteiger charge is -2.33. The molecule has 0 spiro atoms. The molecule has 1 aliphatic rings. The van der Waals surface area contributed by atoms with E-state index in [-0.39, 0.29) is 10.9 Å². The molecule has 0 saturated heterocycles. The highest BCUT2D eigenvalue weighted by Crippen LogP contribution is 2.22. The summed E-state index contributed by atoms with van der Waals surface area (Å²) >= 11 is 0. The molecule has 0 bridgehead atoms. The SMILES string of the molecule is CC(C)(C)OC(=O)N[C@H]1CCCC[C@@H]1NS(=O)(=O)c1cccc(F)c1. The number of carbonyl (C=O) groups is 1. The number of ether oxygens (including phenoxy) is 1. The standard InChI is InChI=1S/C17H25FN2O4S/c1-17(2,3)24-16(21)19-14-9-4-5-10-15(14)20-25(22,23)13-8-6-7-12(18)11-13/h6-8,11,14-15,20H,4-5,9-10H2,1-3H3,(H,19,21)/t14-,15-/m0/s1. The minimum absolute atomic E-state index is 0.130. The molecular weight excluding hydrogens is 347 g/mol. The second kappa shape index (κ2) is 7.70. The van der Waals surface area contributed by atoms with Crippen LogP contribution in [0.4, 0.5) is 9.18 Å². The van der Waals surface area contributed by atoms with Crippen LogP contribution < -0.4 is 10.0 Å². The van der Waals surface area contributed by atoms with E-state index in [1.54, 1.807) is 20.8 Å². The van der Waals surface area contributed by atoms with Crippen molar-refractivity contribution >= 4 is 16.1 Å². The van der Waals surface area contributed by atoms with Crippen LogP contribution >= 0.6 is 0 Å². The van der Waals surface area contributed by atoms with E-state index in [0.717, 1.165) is 18.9 Å². The van der Waals surface area contributed by atoms with Gasteiger partial charge >= 0.3 is 6.09 Å². The Hall–Kier alpha value is -1.67. The van der Waals surface area contributed by atoms with E-state index in [9.17, 15) is 17.6 Å². The van der Waals surface area contributed by atoms with Crippen LogP contribution in [0.25, 0.3) is 0 Å². The number of alkyl carbamates (subject to hydrolysis) is 1. The van der Waals surface area contributed by atoms with E-state index in [1.807, 2.05) is 0 Å². The Morgan fingerprint density at radius 3 is 2.44 bits per heavy atom. The first-order valence-corrected chi connectivity index (χ1v) is 9.82. The maximum Gasteiger partial charge on any atom is 0.407 e. The smallest absolute Gasteiger partial charge is 0.407 e. The fraction of sp³-hybridized carbons (Fsp3) is 0.588. The molecule has 2 N–H and O–H groups in total. The minimum Gasteiger partial charge on any atom is -0.444 e. The Balaban J connectivity index is 2.09. The first-order valence-electron chi connectivity index (χ1n) is 8.34. The minimum atomic E-state index is -3.87. The molecule has 1 aromatic carbocycles. The maximum absolute atomic E-state index is 13.3. The second-order valence-corrected chi connectivity index (χ2v) is 8.94. The van der Waals surface area contributed by atoms with Crippen molar-refractivity contribution in [2.24, 2.45) is 0 Å². The summed E-state index contributed by atoms with van der Waals surface area (Å²) in [6.45, 7) is 5.28. The second-order valence-electron chi connectivity index (χ2n) is 7.22. The molecule has 1 amide bonds. The third-order valence-electron chi connectivity index (χ3n) is 3.88. The summed E-state index contributed by atoms with van der Waals surface area (Å²) in [5.41, 5.74) is -0.630. The zero-order valence-corrected chi connectivity index (χ0v) is 15.5. The average Bonchev–Trinajstić information content (AvgIpc) is 2.47. The average molecular weight is 372 g/mol. The summed E-state index contributed by atoms with van der Waals surface area (Å²) in [4.78, 5) is 11.9. The molecule has 0 heterocycles. The summed E-state index contributed by atoms with van der Waals surface area (Å²) in [5.74, 6) is -0.616. The number of halogens is 1. The lowest BCUT2D eigenvalue weighted by molar-refractivity contribution is 0.0483. The van der Waals surface area contributed by atoms with Gasteiger partial charge in [0.2, 0.25) is 10.0 Å². The molecule has 0 aromatic heterocycles. The quantitative estimate of drug-likeness (QED) is 0.851. The predicted octanol–water partition coefficient (Wildman–Crippen LogP) is 2.94. The lowest BCUT2D eigenvalue weighted by atomic mass is 9.91. The predicted molar refractivity (Wildman–Crippen MR) is 92.1 cm³/mol. The van der Waals surface area contributed by atoms with Gasteiger partial charge in [0, 0.05) is 12.1 Å². The first-order chi connectivity index (χ1) is 11.6. The molecule has 2 atom stereocenters. The van der Waals surface area contributed by atoms with Gasteiger partial charge in [0.15, 0.2) is 0 Å². The van der Waals surface area contributed by atoms with Gasteiger partial charge in [-0.25, -0.2) is 22.3 Å². The molecule has 25 heavy (non-hydrogen) atoms. The van der Waals surface area contributed by atoms with Crippen LogP contribution in [0.15, 0.2) is 29.2 Å². The summed E-state index contributed by atoms with van der Waals surface area (Å²) in [6, 6.07) is 4.01. The fourth-order valence-electron chi connectivity index (χ4n) is 2.81. The van der Waals surface area contributed by atoms with Crippen molar-refractivity contribution in [3.8, 4) is 0 Å². The van der Waals surface area contributed by atoms with Crippen molar-refractivity contribution in [2.75, 3.05) is 0 Å². The van der Waals surface area contributed by atoms with Gasteiger partial charge in [0.1, 0.15) is 11.4 Å². The monoisotopic (exact) mass is 372 g/mol. The number of amides is 1. The molecule has 140 valence electrons. The van der Waals surface area contributed by atoms with Gasteiger partial charge in [-0.3, -0.25) is 0 Å². The van der Waals surface area contributed by atoms with Gasteiger partial charge in [-0.15, -0.1) is 0 Å². The van der Waals surface area contributed by atoms with Crippen molar-refractivity contribution in [1.29, 1.82) is 0 Å². The van der Waals surface area contributed by atoms with Crippen molar-refractivity contribution in [3.63, 3.8) is 0 Å². The van der Waals surface area contributed by atoms with Crippen LogP contribution in [0, 0.1) is 5.82 Å². The van der Waals surface area contributed by atoms with Crippen LogP contribution in [-0.4, -0.2) is 32.2 Å². The summed E-state index contributed by atoms with van der Waals surface area (Å²) in [7, 11) is -3.87. The van der Waals surface area contributed by atoms with Crippen molar-refractivity contribution in [3.05, 3.63) is 30.1 Å². The van der Waals surface area contributed by atoms with E-state index in [1.165, 1.54) is 18.2 Å². The van der Waals surface area contributed by atoms with Gasteiger partial charge < -0.3 is 10.1 Å². The highest BCUT2D eigenvalue weighted by molar-refractivity contribution is 7.89. The van der Waals surface area contributed by atoms with Crippen molar-refractivity contribution in [2.45, 2.75) is 69.0 Å². The summed E-state index contributed by atoms with van der Waals surface area (Å²) < 4.78 is 46.1. The van der Waals surface area contributed by atoms with E-state index in [4.69, 9.17) is 4.74 Å². The number of hydrogen-bond donors (Lipinski definition) is 2. The zero-order chi connectivity index (χ0) is 18.7. The summed E-state index contributed by atoms with van der Waals surface area (Å²) in [6.07, 6.45) is 2.40. The number of benzene rings is 1. The Kier molecular flexibility index (Phi) is 6.05. The Labute approximate surface area is 148 Å². The van der Waals surface area contributed by atoms with E-state index < -0.39 is 33.6 Å². The van der Waals surface area contributed by atoms with Crippen LogP contribution in [0.3, 0.4) is 0 Å². The molecule has 1 saturated carbocycles. The molecule has 2 rings (SSSR count). The number of sulfonamides is 1. The fourth-order valence-corrected chi connectivity index (χ4v) is 4.15. The van der Waals surface area contributed by atoms with Crippen molar-refractivity contribution in [1.82, 2.24) is 10.0 Å². The summed E-state index contributed by atoms with van der Waals surface area (Å²) in [5, 5.41) is 2.75. The van der Waals surface area contributed by atoms with E-state index >= 15 is 0 Å². The van der Waals surface area contributed by atoms with Gasteiger partial charge in [-0.2, -0.15) is 0 Å². The largest absolute Gasteiger partial charge is 0.444 e. The highest BCUT2D eigenvalue weighted by atomic mass is 32.2. The molecule has 0 radical (unpaired) electrons. The topological polar surface area (TPSA) is 84.5 Å². The van der Waals surface area contributed by atoms with Crippen LogP contribution in [0.1, 0.15) is 46.5 Å².